The van der Waals surface area contributed by atoms with Crippen LogP contribution >= 0.6 is 0 Å². The summed E-state index contributed by atoms with van der Waals surface area (Å²) < 4.78 is 5.86. The first-order chi connectivity index (χ1) is 14.8. The normalized spacial score (nSPS) is 41.1. The maximum absolute atomic E-state index is 13.2. The average Bonchev–Trinajstić information content (AvgIpc) is 3.49. The topological polar surface area (TPSA) is 101 Å². The van der Waals surface area contributed by atoms with Crippen molar-refractivity contribution in [1.29, 1.82) is 0 Å². The van der Waals surface area contributed by atoms with Crippen LogP contribution in [0.4, 0.5) is 0 Å². The summed E-state index contributed by atoms with van der Waals surface area (Å²) >= 11 is 0. The van der Waals surface area contributed by atoms with Crippen molar-refractivity contribution in [1.82, 2.24) is 4.98 Å². The zero-order valence-electron chi connectivity index (χ0n) is 17.4. The number of benzene rings is 1. The maximum atomic E-state index is 13.2. The van der Waals surface area contributed by atoms with Crippen molar-refractivity contribution < 1.29 is 24.3 Å². The zero-order valence-corrected chi connectivity index (χ0v) is 17.4. The Bertz CT molecular complexity index is 1160. The molecule has 7 nitrogen and oxygen atoms in total. The van der Waals surface area contributed by atoms with E-state index in [-0.39, 0.29) is 24.0 Å². The number of allylic oxidation sites excluding steroid dienone is 1. The van der Waals surface area contributed by atoms with E-state index in [0.29, 0.717) is 18.6 Å². The Balaban J connectivity index is 1.38. The molecular weight excluding hydrogens is 396 g/mol. The van der Waals surface area contributed by atoms with Gasteiger partial charge in [0.25, 0.3) is 0 Å². The van der Waals surface area contributed by atoms with Crippen LogP contribution in [-0.2, 0) is 19.2 Å². The third-order valence-corrected chi connectivity index (χ3v) is 8.20. The van der Waals surface area contributed by atoms with E-state index in [4.69, 9.17) is 9.57 Å². The quantitative estimate of drug-likeness (QED) is 0.691. The van der Waals surface area contributed by atoms with E-state index in [0.717, 1.165) is 16.6 Å². The van der Waals surface area contributed by atoms with E-state index in [1.165, 1.54) is 6.08 Å². The Morgan fingerprint density at radius 3 is 2.84 bits per heavy atom. The number of nitrogens with one attached hydrogen (secondary N) is 1. The minimum Gasteiger partial charge on any atom is -0.458 e. The number of nitrogens with zero attached hydrogens (tertiary/aromatic N) is 1. The molecule has 2 fully saturated rings. The Morgan fingerprint density at radius 1 is 1.23 bits per heavy atom. The summed E-state index contributed by atoms with van der Waals surface area (Å²) in [6.45, 7) is 3.66. The van der Waals surface area contributed by atoms with Gasteiger partial charge in [0.15, 0.2) is 5.78 Å². The third kappa shape index (κ3) is 2.14. The highest BCUT2D eigenvalue weighted by atomic mass is 16.7. The van der Waals surface area contributed by atoms with Crippen molar-refractivity contribution >= 4 is 28.4 Å². The van der Waals surface area contributed by atoms with Crippen LogP contribution in [0.1, 0.15) is 38.8 Å². The van der Waals surface area contributed by atoms with Gasteiger partial charge in [0.05, 0.1) is 11.6 Å². The number of esters is 1. The van der Waals surface area contributed by atoms with Gasteiger partial charge < -0.3 is 19.7 Å². The van der Waals surface area contributed by atoms with Gasteiger partial charge in [-0.1, -0.05) is 30.3 Å². The first kappa shape index (κ1) is 18.8. The number of hydrogen-bond acceptors (Lipinski definition) is 6. The summed E-state index contributed by atoms with van der Waals surface area (Å²) in [6, 6.07) is 9.91. The number of aromatic nitrogens is 1. The van der Waals surface area contributed by atoms with Gasteiger partial charge in [-0.15, -0.1) is 0 Å². The van der Waals surface area contributed by atoms with Gasteiger partial charge in [-0.25, -0.2) is 4.79 Å². The van der Waals surface area contributed by atoms with Gasteiger partial charge in [-0.05, 0) is 50.0 Å². The molecule has 0 amide bonds. The standard InChI is InChI=1S/C24H24N2O5/c1-13-7-8-15-20(22(2)19(27)9-10-24(13,22)29)30-21(28)23(15)12-18(26-31-23)17-11-14-5-3-4-6-16(14)25-17/h3-6,9-11,13,15,20,25,29H,7-8,12H2,1-2H3/t13-,15+,20+,22-,23?,24+/m0/s1. The fourth-order valence-corrected chi connectivity index (χ4v) is 6.17. The molecule has 3 heterocycles. The van der Waals surface area contributed by atoms with Gasteiger partial charge in [0, 0.05) is 17.3 Å². The molecule has 0 bridgehead atoms. The predicted octanol–water partition coefficient (Wildman–Crippen LogP) is 2.88. The van der Waals surface area contributed by atoms with E-state index in [9.17, 15) is 14.7 Å². The molecular formula is C24H24N2O5. The summed E-state index contributed by atoms with van der Waals surface area (Å²) in [5, 5.41) is 16.8. The minimum absolute atomic E-state index is 0.156. The number of ether oxygens (including phenoxy) is 1. The van der Waals surface area contributed by atoms with E-state index >= 15 is 0 Å². The zero-order chi connectivity index (χ0) is 21.6. The third-order valence-electron chi connectivity index (χ3n) is 8.20. The molecule has 2 aromatic rings. The van der Waals surface area contributed by atoms with E-state index in [2.05, 4.69) is 10.1 Å². The SMILES string of the molecule is C[C@H]1CC[C@@H]2[C@@H](OC(=O)C23CC(c2cc4ccccc4[nH]2)=NO3)[C@]2(C)C(=O)C=C[C@@]12O. The first-order valence-corrected chi connectivity index (χ1v) is 10.8. The second-order valence-electron chi connectivity index (χ2n) is 9.60. The van der Waals surface area contributed by atoms with Gasteiger partial charge in [-0.2, -0.15) is 0 Å². The first-order valence-electron chi connectivity index (χ1n) is 10.8. The maximum Gasteiger partial charge on any atom is 0.354 e. The molecule has 2 aliphatic heterocycles. The van der Waals surface area contributed by atoms with Gasteiger partial charge in [0.2, 0.25) is 5.60 Å². The molecule has 1 saturated carbocycles. The smallest absolute Gasteiger partial charge is 0.354 e. The predicted molar refractivity (Wildman–Crippen MR) is 112 cm³/mol. The number of aromatic amines is 1. The van der Waals surface area contributed by atoms with Crippen molar-refractivity contribution in [3.8, 4) is 0 Å². The highest BCUT2D eigenvalue weighted by molar-refractivity contribution is 6.07. The fourth-order valence-electron chi connectivity index (χ4n) is 6.17. The second-order valence-corrected chi connectivity index (χ2v) is 9.60. The van der Waals surface area contributed by atoms with Crippen LogP contribution in [0.2, 0.25) is 0 Å². The summed E-state index contributed by atoms with van der Waals surface area (Å²) in [6.07, 6.45) is 3.77. The van der Waals surface area contributed by atoms with E-state index < -0.39 is 28.7 Å². The Kier molecular flexibility index (Phi) is 3.55. The molecule has 1 unspecified atom stereocenters. The summed E-state index contributed by atoms with van der Waals surface area (Å²) in [7, 11) is 0. The summed E-state index contributed by atoms with van der Waals surface area (Å²) in [5.74, 6) is -1.25. The second kappa shape index (κ2) is 5.85. The molecule has 6 atom stereocenters. The van der Waals surface area contributed by atoms with Gasteiger partial charge in [-0.3, -0.25) is 4.79 Å². The van der Waals surface area contributed by atoms with E-state index in [1.54, 1.807) is 13.0 Å². The Morgan fingerprint density at radius 2 is 2.03 bits per heavy atom. The largest absolute Gasteiger partial charge is 0.458 e. The van der Waals surface area contributed by atoms with Crippen molar-refractivity contribution in [2.24, 2.45) is 22.4 Å². The lowest BCUT2D eigenvalue weighted by Crippen LogP contribution is -2.57. The molecule has 1 spiro atoms. The molecule has 1 aromatic heterocycles. The average molecular weight is 420 g/mol. The van der Waals surface area contributed by atoms with Crippen molar-refractivity contribution in [2.45, 2.75) is 50.4 Å². The number of hydrogen-bond donors (Lipinski definition) is 2. The number of para-hydroxylation sites is 1. The number of ketones is 1. The molecule has 0 radical (unpaired) electrons. The van der Waals surface area contributed by atoms with Crippen LogP contribution in [-0.4, -0.2) is 44.9 Å². The molecule has 1 saturated heterocycles. The molecule has 31 heavy (non-hydrogen) atoms. The molecule has 7 heteroatoms. The van der Waals surface area contributed by atoms with Crippen molar-refractivity contribution in [3.63, 3.8) is 0 Å². The van der Waals surface area contributed by atoms with Crippen LogP contribution in [0.15, 0.2) is 47.6 Å². The number of rotatable bonds is 1. The Hall–Kier alpha value is -2.93. The molecule has 6 rings (SSSR count). The van der Waals surface area contributed by atoms with Crippen molar-refractivity contribution in [2.75, 3.05) is 0 Å². The summed E-state index contributed by atoms with van der Waals surface area (Å²) in [5.41, 5.74) is -1.42. The number of H-pyrrole nitrogens is 1. The number of fused-ring (bicyclic) bond motifs is 5. The monoisotopic (exact) mass is 420 g/mol. The lowest BCUT2D eigenvalue weighted by molar-refractivity contribution is -0.169. The van der Waals surface area contributed by atoms with Crippen LogP contribution in [0.25, 0.3) is 10.9 Å². The summed E-state index contributed by atoms with van der Waals surface area (Å²) in [4.78, 5) is 35.4. The number of oxime groups is 1. The Labute approximate surface area is 179 Å². The van der Waals surface area contributed by atoms with Gasteiger partial charge in [0.1, 0.15) is 22.8 Å². The molecule has 160 valence electrons. The van der Waals surface area contributed by atoms with Crippen LogP contribution in [0, 0.1) is 17.3 Å². The molecule has 1 aromatic carbocycles. The highest BCUT2D eigenvalue weighted by Gasteiger charge is 2.73. The minimum atomic E-state index is -1.35. The highest BCUT2D eigenvalue weighted by Crippen LogP contribution is 2.59. The van der Waals surface area contributed by atoms with Crippen LogP contribution in [0.5, 0.6) is 0 Å². The molecule has 2 aliphatic carbocycles. The lowest BCUT2D eigenvalue weighted by Gasteiger charge is -2.43. The van der Waals surface area contributed by atoms with E-state index in [1.807, 2.05) is 37.3 Å². The van der Waals surface area contributed by atoms with Crippen LogP contribution < -0.4 is 0 Å². The fraction of sp³-hybridized carbons (Fsp3) is 0.458. The number of carbonyl (C=O) groups excluding carboxylic acids is 2. The lowest BCUT2D eigenvalue weighted by atomic mass is 9.63. The number of carbonyl (C=O) groups is 2. The van der Waals surface area contributed by atoms with Crippen molar-refractivity contribution in [3.05, 3.63) is 48.2 Å². The molecule has 4 aliphatic rings. The molecule has 2 N–H and O–H groups in total. The number of aliphatic hydroxyl groups is 1. The van der Waals surface area contributed by atoms with Crippen LogP contribution in [0.3, 0.4) is 0 Å². The van der Waals surface area contributed by atoms with Gasteiger partial charge >= 0.3 is 5.97 Å².